The van der Waals surface area contributed by atoms with Crippen LogP contribution < -0.4 is 10.4 Å². The number of benzene rings is 4. The molecule has 0 nitrogen and oxygen atoms in total. The van der Waals surface area contributed by atoms with Gasteiger partial charge in [0.15, 0.2) is 8.80 Å². The maximum absolute atomic E-state index is 2.44. The van der Waals surface area contributed by atoms with E-state index in [2.05, 4.69) is 140 Å². The third-order valence-electron chi connectivity index (χ3n) is 6.79. The minimum absolute atomic E-state index is 0.332. The Kier molecular flexibility index (Phi) is 5.26. The normalized spacial score (nSPS) is 16.9. The summed E-state index contributed by atoms with van der Waals surface area (Å²) >= 11 is 0. The largest absolute Gasteiger partial charge is 0.154 e. The van der Waals surface area contributed by atoms with Crippen LogP contribution in [-0.4, -0.2) is 8.80 Å². The number of allylic oxidation sites excluding steroid dienone is 6. The third kappa shape index (κ3) is 3.65. The van der Waals surface area contributed by atoms with Gasteiger partial charge < -0.3 is 0 Å². The molecule has 0 saturated heterocycles. The first-order valence-corrected chi connectivity index (χ1v) is 13.1. The molecule has 0 N–H and O–H groups in total. The van der Waals surface area contributed by atoms with Gasteiger partial charge in [-0.2, -0.15) is 0 Å². The molecule has 1 unspecified atom stereocenters. The van der Waals surface area contributed by atoms with Gasteiger partial charge in [-0.1, -0.05) is 155 Å². The Morgan fingerprint density at radius 3 is 1.61 bits per heavy atom. The lowest BCUT2D eigenvalue weighted by atomic mass is 9.84. The second-order valence-corrected chi connectivity index (χ2v) is 11.2. The molecule has 0 bridgehead atoms. The van der Waals surface area contributed by atoms with Crippen LogP contribution in [0.1, 0.15) is 17.0 Å². The summed E-state index contributed by atoms with van der Waals surface area (Å²) in [6, 6.07) is 39.8. The number of hydrogen-bond donors (Lipinski definition) is 0. The van der Waals surface area contributed by atoms with Gasteiger partial charge in [-0.15, -0.1) is 0 Å². The monoisotopic (exact) mass is 437 g/mol. The molecule has 0 fully saturated rings. The Bertz CT molecular complexity index is 1280. The van der Waals surface area contributed by atoms with Gasteiger partial charge in [-0.05, 0) is 22.3 Å². The summed E-state index contributed by atoms with van der Waals surface area (Å²) < 4.78 is 0. The smallest absolute Gasteiger partial charge is 0.0768 e. The Hall–Kier alpha value is -3.68. The van der Waals surface area contributed by atoms with Gasteiger partial charge in [0.25, 0.3) is 0 Å². The molecule has 0 aliphatic heterocycles. The molecule has 0 heterocycles. The zero-order valence-electron chi connectivity index (χ0n) is 18.4. The molecule has 1 atom stereocenters. The fraction of sp³-hybridized carbons (Fsp3) is 0.0625. The lowest BCUT2D eigenvalue weighted by molar-refractivity contribution is 0.701. The van der Waals surface area contributed by atoms with Crippen molar-refractivity contribution in [3.63, 3.8) is 0 Å². The number of hydrogen-bond acceptors (Lipinski definition) is 0. The zero-order valence-corrected chi connectivity index (χ0v) is 19.4. The molecule has 1 heteroatoms. The van der Waals surface area contributed by atoms with Crippen LogP contribution >= 0.6 is 0 Å². The van der Waals surface area contributed by atoms with Gasteiger partial charge >= 0.3 is 0 Å². The summed E-state index contributed by atoms with van der Waals surface area (Å²) in [6.45, 7) is 0. The van der Waals surface area contributed by atoms with Crippen LogP contribution in [0.4, 0.5) is 0 Å². The average Bonchev–Trinajstić information content (AvgIpc) is 3.03. The minimum Gasteiger partial charge on any atom is -0.0768 e. The van der Waals surface area contributed by atoms with E-state index >= 15 is 0 Å². The minimum atomic E-state index is -1.07. The van der Waals surface area contributed by atoms with E-state index in [-0.39, 0.29) is 0 Å². The van der Waals surface area contributed by atoms with Crippen molar-refractivity contribution in [2.24, 2.45) is 5.92 Å². The first kappa shape index (κ1) is 20.0. The highest BCUT2D eigenvalue weighted by molar-refractivity contribution is 6.91. The maximum Gasteiger partial charge on any atom is 0.154 e. The Balaban J connectivity index is 1.39. The molecule has 0 aromatic heterocycles. The van der Waals surface area contributed by atoms with Crippen molar-refractivity contribution in [2.75, 3.05) is 0 Å². The molecule has 0 amide bonds. The quantitative estimate of drug-likeness (QED) is 0.328. The van der Waals surface area contributed by atoms with E-state index in [4.69, 9.17) is 0 Å². The van der Waals surface area contributed by atoms with E-state index in [1.807, 2.05) is 0 Å². The van der Waals surface area contributed by atoms with E-state index in [1.165, 1.54) is 37.8 Å². The molecule has 0 spiro atoms. The van der Waals surface area contributed by atoms with Crippen molar-refractivity contribution in [2.45, 2.75) is 5.92 Å². The standard InChI is InChI=1S/C32H25Si/c1-3-13-25(14-4-1)33(26-15-5-2-6-16-26)27-17-11-12-24(22-23-27)32-30-20-9-7-18-28(30)29-19-8-10-21-31(29)32/h1-24,32H. The van der Waals surface area contributed by atoms with Gasteiger partial charge in [-0.3, -0.25) is 0 Å². The van der Waals surface area contributed by atoms with Crippen molar-refractivity contribution < 1.29 is 0 Å². The molecule has 33 heavy (non-hydrogen) atoms. The van der Waals surface area contributed by atoms with E-state index < -0.39 is 8.80 Å². The fourth-order valence-corrected chi connectivity index (χ4v) is 7.91. The topological polar surface area (TPSA) is 0 Å². The molecule has 2 aliphatic carbocycles. The summed E-state index contributed by atoms with van der Waals surface area (Å²) in [5.74, 6) is 0.695. The van der Waals surface area contributed by atoms with Crippen LogP contribution in [0.5, 0.6) is 0 Å². The van der Waals surface area contributed by atoms with Gasteiger partial charge in [0.05, 0.1) is 0 Å². The molecular weight excluding hydrogens is 412 g/mol. The van der Waals surface area contributed by atoms with Gasteiger partial charge in [0.2, 0.25) is 0 Å². The second-order valence-electron chi connectivity index (χ2n) is 8.70. The highest BCUT2D eigenvalue weighted by Gasteiger charge is 2.32. The predicted octanol–water partition coefficient (Wildman–Crippen LogP) is 6.32. The molecule has 1 radical (unpaired) electrons. The fourth-order valence-electron chi connectivity index (χ4n) is 5.33. The van der Waals surface area contributed by atoms with Crippen molar-refractivity contribution in [1.29, 1.82) is 0 Å². The third-order valence-corrected chi connectivity index (χ3v) is 9.52. The second kappa shape index (κ2) is 8.69. The van der Waals surface area contributed by atoms with E-state index in [1.54, 1.807) is 0 Å². The molecule has 4 aromatic rings. The number of rotatable bonds is 4. The van der Waals surface area contributed by atoms with Crippen LogP contribution in [0.15, 0.2) is 145 Å². The van der Waals surface area contributed by atoms with Crippen molar-refractivity contribution >= 4 is 19.2 Å². The van der Waals surface area contributed by atoms with Crippen molar-refractivity contribution in [1.82, 2.24) is 0 Å². The van der Waals surface area contributed by atoms with Crippen LogP contribution in [0.2, 0.25) is 0 Å². The Morgan fingerprint density at radius 1 is 0.515 bits per heavy atom. The average molecular weight is 438 g/mol. The molecular formula is C32H25Si. The Labute approximate surface area is 197 Å². The highest BCUT2D eigenvalue weighted by atomic mass is 28.3. The molecule has 157 valence electrons. The van der Waals surface area contributed by atoms with Gasteiger partial charge in [0.1, 0.15) is 0 Å². The van der Waals surface area contributed by atoms with Gasteiger partial charge in [0, 0.05) is 11.8 Å². The Morgan fingerprint density at radius 2 is 1.03 bits per heavy atom. The van der Waals surface area contributed by atoms with Crippen molar-refractivity contribution in [3.8, 4) is 11.1 Å². The predicted molar refractivity (Wildman–Crippen MR) is 141 cm³/mol. The zero-order chi connectivity index (χ0) is 22.0. The van der Waals surface area contributed by atoms with Crippen LogP contribution in [0, 0.1) is 5.92 Å². The molecule has 2 aliphatic rings. The summed E-state index contributed by atoms with van der Waals surface area (Å²) in [4.78, 5) is 0. The van der Waals surface area contributed by atoms with Crippen molar-refractivity contribution in [3.05, 3.63) is 156 Å². The molecule has 6 rings (SSSR count). The van der Waals surface area contributed by atoms with Crippen LogP contribution in [0.25, 0.3) is 11.1 Å². The summed E-state index contributed by atoms with van der Waals surface area (Å²) in [5, 5.41) is 4.27. The lowest BCUT2D eigenvalue weighted by Crippen LogP contribution is -2.43. The lowest BCUT2D eigenvalue weighted by Gasteiger charge is -2.20. The first-order chi connectivity index (χ1) is 16.4. The van der Waals surface area contributed by atoms with Gasteiger partial charge in [-0.25, -0.2) is 0 Å². The maximum atomic E-state index is 2.44. The summed E-state index contributed by atoms with van der Waals surface area (Å²) in [5.41, 5.74) is 5.66. The van der Waals surface area contributed by atoms with Crippen LogP contribution in [0.3, 0.4) is 0 Å². The summed E-state index contributed by atoms with van der Waals surface area (Å²) in [7, 11) is -1.07. The summed E-state index contributed by atoms with van der Waals surface area (Å²) in [6.07, 6.45) is 11.9. The number of fused-ring (bicyclic) bond motifs is 3. The first-order valence-electron chi connectivity index (χ1n) is 11.6. The van der Waals surface area contributed by atoms with E-state index in [9.17, 15) is 0 Å². The molecule has 0 saturated carbocycles. The van der Waals surface area contributed by atoms with E-state index in [0.29, 0.717) is 11.8 Å². The van der Waals surface area contributed by atoms with Crippen LogP contribution in [-0.2, 0) is 0 Å². The highest BCUT2D eigenvalue weighted by Crippen LogP contribution is 2.49. The molecule has 4 aromatic carbocycles. The SMILES string of the molecule is C1=CC(C2c3ccccc3-c3ccccc32)C=CC([Si](c2ccccc2)c2ccccc2)=C1. The van der Waals surface area contributed by atoms with E-state index in [0.717, 1.165) is 0 Å².